The van der Waals surface area contributed by atoms with Crippen molar-refractivity contribution >= 4 is 29.4 Å². The number of nitrogens with one attached hydrogen (secondary N) is 3. The molecule has 5 rings (SSSR count). The van der Waals surface area contributed by atoms with E-state index in [2.05, 4.69) is 25.8 Å². The summed E-state index contributed by atoms with van der Waals surface area (Å²) < 4.78 is 5.75. The minimum absolute atomic E-state index is 0.0521. The van der Waals surface area contributed by atoms with E-state index in [0.717, 1.165) is 87.3 Å². The average molecular weight is 655 g/mol. The molecule has 0 aliphatic carbocycles. The van der Waals surface area contributed by atoms with Gasteiger partial charge in [-0.05, 0) is 56.0 Å². The number of para-hydroxylation sites is 1. The van der Waals surface area contributed by atoms with Crippen LogP contribution in [0.2, 0.25) is 0 Å². The summed E-state index contributed by atoms with van der Waals surface area (Å²) in [5.74, 6) is -0.691. The maximum atomic E-state index is 12.8. The number of Topliss-reactive ketones (excluding diaryl/α,β-unsaturated/α-hetero) is 1. The largest absolute Gasteiger partial charge is 0.446 e. The Morgan fingerprint density at radius 1 is 0.771 bits per heavy atom. The highest BCUT2D eigenvalue weighted by Gasteiger charge is 2.25. The van der Waals surface area contributed by atoms with Gasteiger partial charge in [0.2, 0.25) is 11.8 Å². The van der Waals surface area contributed by atoms with E-state index < -0.39 is 12.0 Å². The Morgan fingerprint density at radius 2 is 1.44 bits per heavy atom. The van der Waals surface area contributed by atoms with Crippen molar-refractivity contribution in [2.75, 3.05) is 57.7 Å². The van der Waals surface area contributed by atoms with E-state index in [1.54, 1.807) is 0 Å². The summed E-state index contributed by atoms with van der Waals surface area (Å²) in [6.07, 6.45) is 2.44. The molecule has 0 aromatic heterocycles. The number of benzene rings is 3. The number of carbonyl (C=O) groups excluding carboxylic acids is 4. The lowest BCUT2D eigenvalue weighted by molar-refractivity contribution is -0.128. The molecule has 0 atom stereocenters. The van der Waals surface area contributed by atoms with Crippen molar-refractivity contribution < 1.29 is 23.9 Å². The fourth-order valence-corrected chi connectivity index (χ4v) is 6.27. The van der Waals surface area contributed by atoms with Crippen LogP contribution in [0, 0.1) is 5.92 Å². The van der Waals surface area contributed by atoms with Crippen LogP contribution in [-0.4, -0.2) is 92.0 Å². The van der Waals surface area contributed by atoms with Crippen molar-refractivity contribution in [3.8, 4) is 11.1 Å². The standard InChI is InChI=1S/C37H46N6O5/c38-35(45)25-40-36(46)30-14-19-43(20-15-30)26-27-10-12-29(13-11-27)34(44)24-39-18-23-42-21-16-31(17-22-42)48-37(47)41-33-9-5-4-8-32(33)28-6-2-1-3-7-28/h1-13,30-31,39H,14-26H2,(H2,38,45)(H,40,46)(H,41,47). The number of anilines is 1. The third kappa shape index (κ3) is 10.5. The predicted octanol–water partition coefficient (Wildman–Crippen LogP) is 3.65. The van der Waals surface area contributed by atoms with Gasteiger partial charge in [0.1, 0.15) is 6.10 Å². The number of rotatable bonds is 14. The average Bonchev–Trinajstić information content (AvgIpc) is 3.11. The summed E-state index contributed by atoms with van der Waals surface area (Å²) in [7, 11) is 0. The molecular weight excluding hydrogens is 608 g/mol. The Labute approximate surface area is 282 Å². The topological polar surface area (TPSA) is 146 Å². The first kappa shape index (κ1) is 34.7. The summed E-state index contributed by atoms with van der Waals surface area (Å²) in [5, 5.41) is 8.80. The summed E-state index contributed by atoms with van der Waals surface area (Å²) in [5.41, 5.74) is 9.62. The molecule has 3 aromatic rings. The van der Waals surface area contributed by atoms with Crippen LogP contribution in [0.5, 0.6) is 0 Å². The normalized spacial score (nSPS) is 16.2. The molecule has 3 amide bonds. The number of carbonyl (C=O) groups is 4. The minimum atomic E-state index is -0.539. The Kier molecular flexibility index (Phi) is 12.7. The number of ketones is 1. The molecule has 3 aromatic carbocycles. The van der Waals surface area contributed by atoms with E-state index in [4.69, 9.17) is 10.5 Å². The van der Waals surface area contributed by atoms with Crippen molar-refractivity contribution in [1.29, 1.82) is 0 Å². The van der Waals surface area contributed by atoms with Gasteiger partial charge in [-0.25, -0.2) is 4.79 Å². The number of nitrogens with zero attached hydrogens (tertiary/aromatic N) is 2. The lowest BCUT2D eigenvalue weighted by atomic mass is 9.95. The van der Waals surface area contributed by atoms with Gasteiger partial charge in [0.15, 0.2) is 5.78 Å². The molecule has 48 heavy (non-hydrogen) atoms. The first-order chi connectivity index (χ1) is 23.3. The van der Waals surface area contributed by atoms with Crippen LogP contribution >= 0.6 is 0 Å². The van der Waals surface area contributed by atoms with E-state index in [1.807, 2.05) is 78.9 Å². The number of nitrogens with two attached hydrogens (primary N) is 1. The van der Waals surface area contributed by atoms with E-state index in [0.29, 0.717) is 12.1 Å². The van der Waals surface area contributed by atoms with Crippen LogP contribution in [0.25, 0.3) is 11.1 Å². The molecule has 0 unspecified atom stereocenters. The molecule has 0 radical (unpaired) electrons. The Balaban J connectivity index is 0.945. The van der Waals surface area contributed by atoms with Gasteiger partial charge in [0, 0.05) is 49.8 Å². The number of piperidine rings is 2. The summed E-state index contributed by atoms with van der Waals surface area (Å²) in [6.45, 7) is 5.68. The second kappa shape index (κ2) is 17.5. The van der Waals surface area contributed by atoms with Crippen LogP contribution in [0.4, 0.5) is 10.5 Å². The minimum Gasteiger partial charge on any atom is -0.446 e. The maximum absolute atomic E-state index is 12.8. The second-order valence-corrected chi connectivity index (χ2v) is 12.5. The molecular formula is C37H46N6O5. The van der Waals surface area contributed by atoms with Crippen molar-refractivity contribution in [2.24, 2.45) is 11.7 Å². The predicted molar refractivity (Wildman–Crippen MR) is 185 cm³/mol. The quantitative estimate of drug-likeness (QED) is 0.152. The van der Waals surface area contributed by atoms with Crippen LogP contribution in [-0.2, 0) is 20.9 Å². The van der Waals surface area contributed by atoms with Crippen LogP contribution in [0.3, 0.4) is 0 Å². The Morgan fingerprint density at radius 3 is 2.15 bits per heavy atom. The highest BCUT2D eigenvalue weighted by Crippen LogP contribution is 2.28. The van der Waals surface area contributed by atoms with Crippen molar-refractivity contribution in [3.63, 3.8) is 0 Å². The number of amides is 3. The van der Waals surface area contributed by atoms with E-state index in [-0.39, 0.29) is 36.8 Å². The van der Waals surface area contributed by atoms with Crippen molar-refractivity contribution in [1.82, 2.24) is 20.4 Å². The molecule has 254 valence electrons. The van der Waals surface area contributed by atoms with Gasteiger partial charge in [0.05, 0.1) is 18.8 Å². The molecule has 2 saturated heterocycles. The number of hydrogen-bond donors (Lipinski definition) is 4. The molecule has 2 heterocycles. The lowest BCUT2D eigenvalue weighted by Crippen LogP contribution is -2.42. The summed E-state index contributed by atoms with van der Waals surface area (Å²) in [4.78, 5) is 53.2. The number of hydrogen-bond acceptors (Lipinski definition) is 8. The molecule has 5 N–H and O–H groups in total. The molecule has 11 nitrogen and oxygen atoms in total. The zero-order valence-electron chi connectivity index (χ0n) is 27.4. The molecule has 11 heteroatoms. The Bertz CT molecular complexity index is 1520. The first-order valence-electron chi connectivity index (χ1n) is 16.8. The summed E-state index contributed by atoms with van der Waals surface area (Å²) >= 11 is 0. The number of ether oxygens (including phenoxy) is 1. The zero-order chi connectivity index (χ0) is 33.7. The fourth-order valence-electron chi connectivity index (χ4n) is 6.27. The molecule has 2 aliphatic rings. The second-order valence-electron chi connectivity index (χ2n) is 12.5. The lowest BCUT2D eigenvalue weighted by Gasteiger charge is -2.31. The highest BCUT2D eigenvalue weighted by molar-refractivity contribution is 5.97. The van der Waals surface area contributed by atoms with Gasteiger partial charge < -0.3 is 26.0 Å². The van der Waals surface area contributed by atoms with Crippen molar-refractivity contribution in [2.45, 2.75) is 38.3 Å². The SMILES string of the molecule is NC(=O)CNC(=O)C1CCN(Cc2ccc(C(=O)CNCCN3CCC(OC(=O)Nc4ccccc4-c4ccccc4)CC3)cc2)CC1. The molecule has 0 bridgehead atoms. The van der Waals surface area contributed by atoms with Crippen LogP contribution in [0.15, 0.2) is 78.9 Å². The fraction of sp³-hybridized carbons (Fsp3) is 0.405. The number of likely N-dealkylation sites (tertiary alicyclic amines) is 2. The van der Waals surface area contributed by atoms with Gasteiger partial charge in [-0.2, -0.15) is 0 Å². The van der Waals surface area contributed by atoms with E-state index >= 15 is 0 Å². The van der Waals surface area contributed by atoms with Crippen LogP contribution in [0.1, 0.15) is 41.6 Å². The summed E-state index contributed by atoms with van der Waals surface area (Å²) in [6, 6.07) is 25.4. The maximum Gasteiger partial charge on any atom is 0.411 e. The van der Waals surface area contributed by atoms with E-state index in [1.165, 1.54) is 0 Å². The smallest absolute Gasteiger partial charge is 0.411 e. The Hall–Kier alpha value is -4.58. The highest BCUT2D eigenvalue weighted by atomic mass is 16.6. The van der Waals surface area contributed by atoms with E-state index in [9.17, 15) is 19.2 Å². The van der Waals surface area contributed by atoms with Crippen LogP contribution < -0.4 is 21.7 Å². The molecule has 0 saturated carbocycles. The van der Waals surface area contributed by atoms with Gasteiger partial charge in [-0.1, -0.05) is 72.8 Å². The van der Waals surface area contributed by atoms with Gasteiger partial charge in [-0.15, -0.1) is 0 Å². The molecule has 2 fully saturated rings. The first-order valence-corrected chi connectivity index (χ1v) is 16.8. The number of primary amides is 1. The molecule has 2 aliphatic heterocycles. The third-order valence-corrected chi connectivity index (χ3v) is 9.02. The molecule has 0 spiro atoms. The van der Waals surface area contributed by atoms with Gasteiger partial charge in [-0.3, -0.25) is 24.6 Å². The third-order valence-electron chi connectivity index (χ3n) is 9.02. The zero-order valence-corrected chi connectivity index (χ0v) is 27.4. The van der Waals surface area contributed by atoms with Crippen molar-refractivity contribution in [3.05, 3.63) is 90.0 Å². The monoisotopic (exact) mass is 654 g/mol. The van der Waals surface area contributed by atoms with Gasteiger partial charge >= 0.3 is 6.09 Å². The van der Waals surface area contributed by atoms with Gasteiger partial charge in [0.25, 0.3) is 0 Å².